The fraction of sp³-hybridized carbons (Fsp3) is 0.133. The average molecular weight is 363 g/mol. The maximum absolute atomic E-state index is 13.7. The average Bonchev–Trinajstić information content (AvgIpc) is 2.43. The number of rotatable bonds is 2. The molecule has 0 atom stereocenters. The zero-order valence-corrected chi connectivity index (χ0v) is 13.3. The van der Waals surface area contributed by atoms with Gasteiger partial charge in [0.15, 0.2) is 5.11 Å². The maximum atomic E-state index is 13.7. The normalized spacial score (nSPS) is 11.2. The molecule has 2 rings (SSSR count). The molecule has 0 aliphatic rings. The van der Waals surface area contributed by atoms with Crippen molar-refractivity contribution in [3.63, 3.8) is 0 Å². The van der Waals surface area contributed by atoms with Gasteiger partial charge in [-0.1, -0.05) is 17.7 Å². The molecule has 2 nitrogen and oxygen atoms in total. The molecular formula is C15H11ClF4N2S. The van der Waals surface area contributed by atoms with E-state index in [1.807, 2.05) is 0 Å². The molecule has 0 unspecified atom stereocenters. The van der Waals surface area contributed by atoms with Crippen LogP contribution in [0.2, 0.25) is 5.02 Å². The summed E-state index contributed by atoms with van der Waals surface area (Å²) in [4.78, 5) is 0. The fourth-order valence-corrected chi connectivity index (χ4v) is 2.28. The monoisotopic (exact) mass is 362 g/mol. The molecule has 2 aromatic carbocycles. The molecule has 2 N–H and O–H groups in total. The summed E-state index contributed by atoms with van der Waals surface area (Å²) >= 11 is 10.5. The third-order valence-corrected chi connectivity index (χ3v) is 3.44. The molecule has 8 heteroatoms. The summed E-state index contributed by atoms with van der Waals surface area (Å²) in [5, 5.41) is 4.71. The molecule has 0 saturated heterocycles. The van der Waals surface area contributed by atoms with Crippen LogP contribution in [0, 0.1) is 12.7 Å². The lowest BCUT2D eigenvalue weighted by Gasteiger charge is -2.14. The van der Waals surface area contributed by atoms with Crippen LogP contribution >= 0.6 is 23.8 Å². The molecule has 23 heavy (non-hydrogen) atoms. The molecule has 2 aromatic rings. The Kier molecular flexibility index (Phi) is 5.11. The Morgan fingerprint density at radius 1 is 1.09 bits per heavy atom. The summed E-state index contributed by atoms with van der Waals surface area (Å²) in [5.41, 5.74) is -0.0298. The van der Waals surface area contributed by atoms with Crippen molar-refractivity contribution in [2.45, 2.75) is 13.1 Å². The van der Waals surface area contributed by atoms with Gasteiger partial charge in [-0.15, -0.1) is 0 Å². The van der Waals surface area contributed by atoms with Gasteiger partial charge in [0.2, 0.25) is 0 Å². The third kappa shape index (κ3) is 4.56. The van der Waals surface area contributed by atoms with Crippen LogP contribution in [-0.2, 0) is 6.18 Å². The molecule has 0 heterocycles. The summed E-state index contributed by atoms with van der Waals surface area (Å²) in [6, 6.07) is 7.77. The van der Waals surface area contributed by atoms with E-state index in [0.29, 0.717) is 0 Å². The van der Waals surface area contributed by atoms with Crippen molar-refractivity contribution in [1.29, 1.82) is 0 Å². The minimum absolute atomic E-state index is 0.0387. The van der Waals surface area contributed by atoms with Crippen molar-refractivity contribution in [2.75, 3.05) is 10.6 Å². The van der Waals surface area contributed by atoms with Crippen molar-refractivity contribution >= 4 is 40.3 Å². The van der Waals surface area contributed by atoms with Crippen LogP contribution in [0.4, 0.5) is 28.9 Å². The van der Waals surface area contributed by atoms with Gasteiger partial charge in [-0.3, -0.25) is 0 Å². The molecule has 0 aliphatic heterocycles. The summed E-state index contributed by atoms with van der Waals surface area (Å²) in [6.45, 7) is 1.73. The van der Waals surface area contributed by atoms with Crippen molar-refractivity contribution in [3.8, 4) is 0 Å². The van der Waals surface area contributed by atoms with Gasteiger partial charge >= 0.3 is 6.18 Å². The Balaban J connectivity index is 2.14. The second-order valence-electron chi connectivity index (χ2n) is 4.75. The number of halogens is 5. The van der Waals surface area contributed by atoms with E-state index in [9.17, 15) is 17.6 Å². The van der Waals surface area contributed by atoms with E-state index in [1.54, 1.807) is 13.0 Å². The lowest BCUT2D eigenvalue weighted by atomic mass is 10.2. The maximum Gasteiger partial charge on any atom is 0.417 e. The van der Waals surface area contributed by atoms with E-state index < -0.39 is 22.6 Å². The number of thiocarbonyl (C=S) groups is 1. The van der Waals surface area contributed by atoms with Gasteiger partial charge in [-0.25, -0.2) is 4.39 Å². The number of hydrogen-bond acceptors (Lipinski definition) is 1. The molecule has 0 radical (unpaired) electrons. The minimum atomic E-state index is -4.58. The number of nitrogens with one attached hydrogen (secondary N) is 2. The first-order valence-corrected chi connectivity index (χ1v) is 7.16. The van der Waals surface area contributed by atoms with Gasteiger partial charge in [0, 0.05) is 5.69 Å². The Bertz CT molecular complexity index is 747. The smallest absolute Gasteiger partial charge is 0.332 e. The Hall–Kier alpha value is -1.86. The lowest BCUT2D eigenvalue weighted by molar-refractivity contribution is -0.137. The van der Waals surface area contributed by atoms with E-state index in [1.165, 1.54) is 18.2 Å². The number of alkyl halides is 3. The quantitative estimate of drug-likeness (QED) is 0.536. The van der Waals surface area contributed by atoms with Crippen molar-refractivity contribution in [3.05, 3.63) is 58.4 Å². The SMILES string of the molecule is Cc1ccc(NC(=S)Nc2ccc(Cl)c(C(F)(F)F)c2)c(F)c1. The number of benzene rings is 2. The predicted octanol–water partition coefficient (Wildman–Crippen LogP) is 5.62. The molecule has 122 valence electrons. The van der Waals surface area contributed by atoms with Gasteiger partial charge < -0.3 is 10.6 Å². The fourth-order valence-electron chi connectivity index (χ4n) is 1.83. The molecule has 0 fully saturated rings. The van der Waals surface area contributed by atoms with Gasteiger partial charge in [0.1, 0.15) is 5.82 Å². The first kappa shape index (κ1) is 17.5. The highest BCUT2D eigenvalue weighted by atomic mass is 35.5. The van der Waals surface area contributed by atoms with Crippen molar-refractivity contribution in [1.82, 2.24) is 0 Å². The Labute approximate surface area is 140 Å². The van der Waals surface area contributed by atoms with Crippen LogP contribution in [0.3, 0.4) is 0 Å². The van der Waals surface area contributed by atoms with Gasteiger partial charge in [-0.2, -0.15) is 13.2 Å². The first-order chi connectivity index (χ1) is 10.7. The van der Waals surface area contributed by atoms with E-state index in [-0.39, 0.29) is 16.5 Å². The molecule has 0 bridgehead atoms. The largest absolute Gasteiger partial charge is 0.417 e. The first-order valence-electron chi connectivity index (χ1n) is 6.38. The van der Waals surface area contributed by atoms with Crippen LogP contribution in [0.25, 0.3) is 0 Å². The summed E-state index contributed by atoms with van der Waals surface area (Å²) in [6.07, 6.45) is -4.58. The summed E-state index contributed by atoms with van der Waals surface area (Å²) in [5.74, 6) is -0.513. The van der Waals surface area contributed by atoms with Crippen molar-refractivity contribution in [2.24, 2.45) is 0 Å². The predicted molar refractivity (Wildman–Crippen MR) is 87.4 cm³/mol. The van der Waals surface area contributed by atoms with Crippen LogP contribution < -0.4 is 10.6 Å². The molecular weight excluding hydrogens is 352 g/mol. The zero-order valence-electron chi connectivity index (χ0n) is 11.8. The van der Waals surface area contributed by atoms with Crippen LogP contribution in [0.5, 0.6) is 0 Å². The van der Waals surface area contributed by atoms with Crippen LogP contribution in [0.1, 0.15) is 11.1 Å². The second-order valence-corrected chi connectivity index (χ2v) is 5.57. The molecule has 0 saturated carbocycles. The third-order valence-electron chi connectivity index (χ3n) is 2.90. The van der Waals surface area contributed by atoms with E-state index >= 15 is 0 Å². The minimum Gasteiger partial charge on any atom is -0.332 e. The lowest BCUT2D eigenvalue weighted by Crippen LogP contribution is -2.20. The van der Waals surface area contributed by atoms with E-state index in [2.05, 4.69) is 10.6 Å². The standard InChI is InChI=1S/C15H11ClF4N2S/c1-8-2-5-13(12(17)6-8)22-14(23)21-9-3-4-11(16)10(7-9)15(18,19)20/h2-7H,1H3,(H2,21,22,23). The van der Waals surface area contributed by atoms with E-state index in [0.717, 1.165) is 17.7 Å². The molecule has 0 aliphatic carbocycles. The number of hydrogen-bond donors (Lipinski definition) is 2. The van der Waals surface area contributed by atoms with E-state index in [4.69, 9.17) is 23.8 Å². The van der Waals surface area contributed by atoms with Crippen LogP contribution in [0.15, 0.2) is 36.4 Å². The number of aryl methyl sites for hydroxylation is 1. The summed E-state index contributed by atoms with van der Waals surface area (Å²) in [7, 11) is 0. The second kappa shape index (κ2) is 6.72. The Morgan fingerprint density at radius 2 is 1.78 bits per heavy atom. The van der Waals surface area contributed by atoms with Gasteiger partial charge in [-0.05, 0) is 55.0 Å². The van der Waals surface area contributed by atoms with Crippen LogP contribution in [-0.4, -0.2) is 5.11 Å². The highest BCUT2D eigenvalue weighted by Gasteiger charge is 2.33. The molecule has 0 amide bonds. The van der Waals surface area contributed by atoms with Gasteiger partial charge in [0.05, 0.1) is 16.3 Å². The van der Waals surface area contributed by atoms with Gasteiger partial charge in [0.25, 0.3) is 0 Å². The van der Waals surface area contributed by atoms with Crippen molar-refractivity contribution < 1.29 is 17.6 Å². The molecule has 0 spiro atoms. The molecule has 0 aromatic heterocycles. The zero-order chi connectivity index (χ0) is 17.2. The highest BCUT2D eigenvalue weighted by molar-refractivity contribution is 7.80. The highest BCUT2D eigenvalue weighted by Crippen LogP contribution is 2.36. The topological polar surface area (TPSA) is 24.1 Å². The number of anilines is 2. The Morgan fingerprint density at radius 3 is 2.39 bits per heavy atom. The summed E-state index contributed by atoms with van der Waals surface area (Å²) < 4.78 is 52.1.